The number of aromatic nitrogens is 4. The molecule has 2 N–H and O–H groups in total. The number of nitrogens with one attached hydrogen (secondary N) is 1. The molecule has 3 aromatic rings. The second-order valence-corrected chi connectivity index (χ2v) is 8.71. The van der Waals surface area contributed by atoms with E-state index in [1.165, 1.54) is 41.0 Å². The van der Waals surface area contributed by atoms with Crippen molar-refractivity contribution in [3.63, 3.8) is 0 Å². The summed E-state index contributed by atoms with van der Waals surface area (Å²) in [5.41, 5.74) is 1.58. The van der Waals surface area contributed by atoms with Crippen LogP contribution in [0.1, 0.15) is 30.4 Å². The molecule has 3 heterocycles. The van der Waals surface area contributed by atoms with Gasteiger partial charge in [-0.15, -0.1) is 0 Å². The van der Waals surface area contributed by atoms with Gasteiger partial charge in [-0.1, -0.05) is 0 Å². The molecule has 3 rings (SSSR count). The first-order valence-corrected chi connectivity index (χ1v) is 12.3. The molecule has 10 heteroatoms. The number of anilines is 2. The van der Waals surface area contributed by atoms with Crippen molar-refractivity contribution < 1.29 is 32.1 Å². The zero-order valence-electron chi connectivity index (χ0n) is 15.6. The Morgan fingerprint density at radius 1 is 1.55 bits per heavy atom. The van der Waals surface area contributed by atoms with Crippen molar-refractivity contribution in [2.24, 2.45) is 0 Å². The molecule has 0 aliphatic rings. The number of nitrogens with zero attached hydrogens (tertiary/aromatic N) is 4. The molecule has 0 fully saturated rings. The molecule has 3 aromatic heterocycles. The number of rotatable bonds is 8. The summed E-state index contributed by atoms with van der Waals surface area (Å²) in [4.78, 5) is 9.06. The number of hydrogen-bond donors (Lipinski definition) is 2. The van der Waals surface area contributed by atoms with Crippen molar-refractivity contribution in [1.82, 2.24) is 18.7 Å². The molecule has 0 aromatic carbocycles. The van der Waals surface area contributed by atoms with Gasteiger partial charge in [0.05, 0.1) is 0 Å². The summed E-state index contributed by atoms with van der Waals surface area (Å²) in [6.45, 7) is 5.01. The Morgan fingerprint density at radius 2 is 2.34 bits per heavy atom. The predicted octanol–water partition coefficient (Wildman–Crippen LogP) is 0.759. The van der Waals surface area contributed by atoms with Gasteiger partial charge in [0.15, 0.2) is 0 Å². The molecule has 0 amide bonds. The number of alkyl halides is 1. The molecule has 0 spiro atoms. The zero-order chi connectivity index (χ0) is 21.0. The quantitative estimate of drug-likeness (QED) is 0.167. The standard InChI is InChI=1S/C19H18FIN5OS.Sn/c1-4-6-19(3,20)15-10-26-14(12(2)5-7-21)9-22-18(26)17(23-15)24-16-8-13(11-27)25-28-16;/h2,4-5,7-10,27H,1,6,11H2,3H3,(H,23,24);/q-1;/b7-5+,12-2?;. The van der Waals surface area contributed by atoms with E-state index in [0.717, 1.165) is 11.3 Å². The summed E-state index contributed by atoms with van der Waals surface area (Å²) in [6.07, 6.45) is 7.12. The van der Waals surface area contributed by atoms with E-state index in [9.17, 15) is 5.11 Å². The fourth-order valence-electron chi connectivity index (χ4n) is 2.75. The number of allylic oxidation sites excluding steroid dienone is 3. The summed E-state index contributed by atoms with van der Waals surface area (Å²) < 4.78 is 25.3. The van der Waals surface area contributed by atoms with Crippen LogP contribution in [0.15, 0.2) is 45.4 Å². The van der Waals surface area contributed by atoms with Crippen LogP contribution in [-0.4, -0.2) is 46.4 Å². The molecule has 1 unspecified atom stereocenters. The predicted molar refractivity (Wildman–Crippen MR) is 110 cm³/mol. The van der Waals surface area contributed by atoms with E-state index < -0.39 is 5.67 Å². The van der Waals surface area contributed by atoms with Gasteiger partial charge in [0.1, 0.15) is 0 Å². The molecule has 0 saturated carbocycles. The number of aliphatic hydroxyl groups excluding tert-OH is 1. The second-order valence-electron chi connectivity index (χ2n) is 6.36. The second kappa shape index (κ2) is 9.66. The van der Waals surface area contributed by atoms with Crippen LogP contribution in [0.2, 0.25) is 0 Å². The van der Waals surface area contributed by atoms with Gasteiger partial charge in [-0.25, -0.2) is 0 Å². The Labute approximate surface area is 199 Å². The molecule has 29 heavy (non-hydrogen) atoms. The molecule has 150 valence electrons. The molecular formula is C19H18FIN5OSSn-. The van der Waals surface area contributed by atoms with E-state index in [-0.39, 0.29) is 18.7 Å². The van der Waals surface area contributed by atoms with Crippen LogP contribution in [0.3, 0.4) is 0 Å². The van der Waals surface area contributed by atoms with Gasteiger partial charge in [0, 0.05) is 0 Å². The third kappa shape index (κ3) is 4.89. The molecule has 6 nitrogen and oxygen atoms in total. The van der Waals surface area contributed by atoms with Gasteiger partial charge < -0.3 is 0 Å². The third-order valence-electron chi connectivity index (χ3n) is 4.21. The van der Waals surface area contributed by atoms with Crippen LogP contribution in [-0.2, 0) is 12.3 Å². The third-order valence-corrected chi connectivity index (χ3v) is 6.20. The Hall–Kier alpha value is -1.31. The van der Waals surface area contributed by atoms with E-state index in [0.29, 0.717) is 22.2 Å². The first kappa shape index (κ1) is 22.4. The van der Waals surface area contributed by atoms with Gasteiger partial charge in [0.2, 0.25) is 0 Å². The van der Waals surface area contributed by atoms with E-state index in [1.54, 1.807) is 24.5 Å². The summed E-state index contributed by atoms with van der Waals surface area (Å²) in [7, 11) is 0. The molecule has 4 radical (unpaired) electrons. The van der Waals surface area contributed by atoms with Gasteiger partial charge in [-0.05, 0) is 0 Å². The fourth-order valence-corrected chi connectivity index (χ4v) is 4.49. The van der Waals surface area contributed by atoms with Gasteiger partial charge in [0.25, 0.3) is 0 Å². The topological polar surface area (TPSA) is 75.3 Å². The molecule has 0 aliphatic heterocycles. The zero-order valence-corrected chi connectivity index (χ0v) is 21.4. The van der Waals surface area contributed by atoms with Crippen molar-refractivity contribution in [1.29, 1.82) is 0 Å². The number of hydrogen-bond acceptors (Lipinski definition) is 6. The monoisotopic (exact) mass is 630 g/mol. The normalized spacial score (nSPS) is 14.4. The van der Waals surface area contributed by atoms with Crippen LogP contribution in [0.4, 0.5) is 15.2 Å². The summed E-state index contributed by atoms with van der Waals surface area (Å²) in [6, 6.07) is 1.73. The molecule has 0 bridgehead atoms. The van der Waals surface area contributed by atoms with Gasteiger partial charge >= 0.3 is 200 Å². The van der Waals surface area contributed by atoms with Crippen LogP contribution in [0.5, 0.6) is 0 Å². The molecule has 0 aliphatic carbocycles. The number of fused-ring (bicyclic) bond motifs is 1. The Balaban J connectivity index is 2.20. The molecular weight excluding hydrogens is 611 g/mol. The minimum atomic E-state index is -1.68. The molecule has 0 saturated heterocycles. The van der Waals surface area contributed by atoms with E-state index >= 15 is 4.39 Å². The van der Waals surface area contributed by atoms with E-state index in [2.05, 4.69) is 52.9 Å². The number of halogens is 2. The minimum absolute atomic E-state index is 0.138. The van der Waals surface area contributed by atoms with Crippen molar-refractivity contribution in [2.45, 2.75) is 25.6 Å². The summed E-state index contributed by atoms with van der Waals surface area (Å²) in [5, 5.41) is 13.1. The van der Waals surface area contributed by atoms with Crippen LogP contribution >= 0.6 is 11.5 Å². The maximum atomic E-state index is 15.3. The average molecular weight is 629 g/mol. The fraction of sp³-hybridized carbons (Fsp3) is 0.211. The first-order chi connectivity index (χ1) is 13.9. The SMILES string of the molecule is C=CCC(C)(F)c1cn2c(C(/C=C/[I-])=[CH]/[Sn])cnc2c(Nc2cc(CO)ns2)n1. The van der Waals surface area contributed by atoms with Crippen LogP contribution in [0, 0.1) is 0 Å². The Morgan fingerprint density at radius 3 is 2.97 bits per heavy atom. The first-order valence-electron chi connectivity index (χ1n) is 8.60. The Kier molecular flexibility index (Phi) is 7.46. The molecule has 1 atom stereocenters. The van der Waals surface area contributed by atoms with E-state index in [1.807, 2.05) is 14.6 Å². The van der Waals surface area contributed by atoms with Crippen molar-refractivity contribution in [3.8, 4) is 0 Å². The van der Waals surface area contributed by atoms with Crippen molar-refractivity contribution in [2.75, 3.05) is 5.32 Å². The Bertz CT molecular complexity index is 1090. The maximum absolute atomic E-state index is 15.3. The number of imidazole rings is 1. The van der Waals surface area contributed by atoms with Gasteiger partial charge in [-0.3, -0.25) is 0 Å². The van der Waals surface area contributed by atoms with E-state index in [4.69, 9.17) is 0 Å². The summed E-state index contributed by atoms with van der Waals surface area (Å²) >= 11 is 4.62. The number of aliphatic hydroxyl groups is 1. The van der Waals surface area contributed by atoms with Gasteiger partial charge in [-0.2, -0.15) is 0 Å². The van der Waals surface area contributed by atoms with Crippen molar-refractivity contribution in [3.05, 3.63) is 62.4 Å². The van der Waals surface area contributed by atoms with Crippen LogP contribution in [0.25, 0.3) is 11.2 Å². The average Bonchev–Trinajstić information content (AvgIpc) is 3.33. The summed E-state index contributed by atoms with van der Waals surface area (Å²) in [5.74, 6) is 0.427. The van der Waals surface area contributed by atoms with Crippen molar-refractivity contribution >= 4 is 56.1 Å². The van der Waals surface area contributed by atoms with Crippen LogP contribution < -0.4 is 27.9 Å².